The number of nitrogens with one attached hydrogen (secondary N) is 1. The quantitative estimate of drug-likeness (QED) is 0.351. The molecule has 0 atom stereocenters. The minimum Gasteiger partial charge on any atom is -0.452 e. The molecule has 30 heavy (non-hydrogen) atoms. The Labute approximate surface area is 192 Å². The Morgan fingerprint density at radius 2 is 2.00 bits per heavy atom. The molecule has 6 nitrogen and oxygen atoms in total. The van der Waals surface area contributed by atoms with Crippen molar-refractivity contribution in [1.29, 1.82) is 0 Å². The minimum absolute atomic E-state index is 0.161. The summed E-state index contributed by atoms with van der Waals surface area (Å²) < 4.78 is 5.18. The van der Waals surface area contributed by atoms with Crippen LogP contribution in [0.15, 0.2) is 40.7 Å². The molecular weight excluding hydrogens is 465 g/mol. The fourth-order valence-electron chi connectivity index (χ4n) is 2.41. The Kier molecular flexibility index (Phi) is 7.71. The molecule has 0 bridgehead atoms. The van der Waals surface area contributed by atoms with Crippen LogP contribution >= 0.6 is 46.3 Å². The van der Waals surface area contributed by atoms with Crippen LogP contribution in [-0.2, 0) is 15.3 Å². The smallest absolute Gasteiger partial charge is 0.339 e. The normalized spacial score (nSPS) is 10.7. The number of rotatable bonds is 7. The van der Waals surface area contributed by atoms with Crippen molar-refractivity contribution in [3.63, 3.8) is 0 Å². The summed E-state index contributed by atoms with van der Waals surface area (Å²) in [5, 5.41) is 6.14. The van der Waals surface area contributed by atoms with Crippen molar-refractivity contribution in [2.75, 3.05) is 11.9 Å². The predicted octanol–water partition coefficient (Wildman–Crippen LogP) is 5.55. The predicted molar refractivity (Wildman–Crippen MR) is 121 cm³/mol. The van der Waals surface area contributed by atoms with Crippen LogP contribution in [0, 0.1) is 13.8 Å². The number of thioether (sulfide) groups is 1. The monoisotopic (exact) mass is 481 g/mol. The Morgan fingerprint density at radius 3 is 2.73 bits per heavy atom. The first kappa shape index (κ1) is 22.6. The molecule has 3 rings (SSSR count). The first-order chi connectivity index (χ1) is 14.3. The number of carbonyl (C=O) groups is 2. The van der Waals surface area contributed by atoms with Crippen LogP contribution in [-0.4, -0.2) is 28.5 Å². The van der Waals surface area contributed by atoms with Gasteiger partial charge in [0.05, 0.1) is 26.3 Å². The highest BCUT2D eigenvalue weighted by Gasteiger charge is 2.17. The molecule has 156 valence electrons. The molecule has 1 amide bonds. The molecule has 0 saturated heterocycles. The Bertz CT molecular complexity index is 1090. The maximum atomic E-state index is 12.5. The summed E-state index contributed by atoms with van der Waals surface area (Å²) in [6.07, 6.45) is 1.39. The molecule has 1 N–H and O–H groups in total. The van der Waals surface area contributed by atoms with Gasteiger partial charge in [0.25, 0.3) is 5.91 Å². The average Bonchev–Trinajstić information content (AvgIpc) is 3.16. The van der Waals surface area contributed by atoms with Crippen LogP contribution in [0.4, 0.5) is 5.82 Å². The van der Waals surface area contributed by atoms with Gasteiger partial charge in [0.1, 0.15) is 0 Å². The van der Waals surface area contributed by atoms with E-state index in [2.05, 4.69) is 15.3 Å². The summed E-state index contributed by atoms with van der Waals surface area (Å²) in [5.41, 5.74) is 1.94. The molecule has 2 heterocycles. The van der Waals surface area contributed by atoms with E-state index in [1.54, 1.807) is 30.4 Å². The molecule has 0 fully saturated rings. The zero-order chi connectivity index (χ0) is 21.7. The molecule has 0 aliphatic rings. The lowest BCUT2D eigenvalue weighted by molar-refractivity contribution is -0.119. The first-order valence-electron chi connectivity index (χ1n) is 8.75. The summed E-state index contributed by atoms with van der Waals surface area (Å²) in [6, 6.07) is 7.08. The molecule has 1 aromatic carbocycles. The topological polar surface area (TPSA) is 81.2 Å². The SMILES string of the molecule is Cc1nc(CSc2ccccc2C(=O)OCC(=O)Nc2ncc(Cl)c(C)c2Cl)cs1. The second-order valence-corrected chi connectivity index (χ2v) is 9.03. The lowest BCUT2D eigenvalue weighted by atomic mass is 10.2. The highest BCUT2D eigenvalue weighted by atomic mass is 35.5. The summed E-state index contributed by atoms with van der Waals surface area (Å²) in [5.74, 6) is -0.347. The van der Waals surface area contributed by atoms with Crippen molar-refractivity contribution in [1.82, 2.24) is 9.97 Å². The number of pyridine rings is 1. The molecule has 0 unspecified atom stereocenters. The third kappa shape index (κ3) is 5.72. The first-order valence-corrected chi connectivity index (χ1v) is 11.4. The van der Waals surface area contributed by atoms with Gasteiger partial charge in [-0.25, -0.2) is 14.8 Å². The van der Waals surface area contributed by atoms with Crippen molar-refractivity contribution in [3.8, 4) is 0 Å². The number of nitrogens with zero attached hydrogens (tertiary/aromatic N) is 2. The number of aromatic nitrogens is 2. The van der Waals surface area contributed by atoms with E-state index in [1.165, 1.54) is 18.0 Å². The van der Waals surface area contributed by atoms with E-state index in [9.17, 15) is 9.59 Å². The number of carbonyl (C=O) groups excluding carboxylic acids is 2. The van der Waals surface area contributed by atoms with Gasteiger partial charge in [-0.2, -0.15) is 0 Å². The number of amides is 1. The number of ether oxygens (including phenoxy) is 1. The zero-order valence-electron chi connectivity index (χ0n) is 16.1. The van der Waals surface area contributed by atoms with Gasteiger partial charge in [0.15, 0.2) is 12.4 Å². The number of halogens is 2. The second kappa shape index (κ2) is 10.3. The summed E-state index contributed by atoms with van der Waals surface area (Å²) >= 11 is 15.1. The van der Waals surface area contributed by atoms with Gasteiger partial charge >= 0.3 is 5.97 Å². The minimum atomic E-state index is -0.589. The Balaban J connectivity index is 1.59. The molecule has 0 radical (unpaired) electrons. The Morgan fingerprint density at radius 1 is 1.23 bits per heavy atom. The van der Waals surface area contributed by atoms with Crippen LogP contribution in [0.25, 0.3) is 0 Å². The molecule has 0 aliphatic carbocycles. The van der Waals surface area contributed by atoms with E-state index in [0.717, 1.165) is 15.6 Å². The number of aryl methyl sites for hydroxylation is 1. The number of anilines is 1. The maximum absolute atomic E-state index is 12.5. The van der Waals surface area contributed by atoms with Crippen molar-refractivity contribution in [2.24, 2.45) is 0 Å². The van der Waals surface area contributed by atoms with Gasteiger partial charge in [-0.05, 0) is 31.5 Å². The van der Waals surface area contributed by atoms with Gasteiger partial charge in [0, 0.05) is 22.2 Å². The number of thiazole rings is 1. The van der Waals surface area contributed by atoms with Crippen molar-refractivity contribution in [2.45, 2.75) is 24.5 Å². The number of benzene rings is 1. The molecule has 0 aliphatic heterocycles. The largest absolute Gasteiger partial charge is 0.452 e. The molecule has 10 heteroatoms. The van der Waals surface area contributed by atoms with Crippen molar-refractivity contribution >= 4 is 64.0 Å². The van der Waals surface area contributed by atoms with Gasteiger partial charge in [-0.15, -0.1) is 23.1 Å². The van der Waals surface area contributed by atoms with Crippen LogP contribution in [0.3, 0.4) is 0 Å². The van der Waals surface area contributed by atoms with Gasteiger partial charge in [0.2, 0.25) is 0 Å². The fraction of sp³-hybridized carbons (Fsp3) is 0.200. The highest BCUT2D eigenvalue weighted by Crippen LogP contribution is 2.29. The third-order valence-electron chi connectivity index (χ3n) is 3.94. The van der Waals surface area contributed by atoms with Gasteiger partial charge in [-0.3, -0.25) is 4.79 Å². The van der Waals surface area contributed by atoms with Crippen LogP contribution in [0.1, 0.15) is 26.6 Å². The van der Waals surface area contributed by atoms with E-state index >= 15 is 0 Å². The Hall–Kier alpha value is -2.13. The van der Waals surface area contributed by atoms with Crippen LogP contribution < -0.4 is 5.32 Å². The maximum Gasteiger partial charge on any atom is 0.339 e. The summed E-state index contributed by atoms with van der Waals surface area (Å²) in [7, 11) is 0. The fourth-order valence-corrected chi connectivity index (χ4v) is 4.45. The number of hydrogen-bond acceptors (Lipinski definition) is 7. The highest BCUT2D eigenvalue weighted by molar-refractivity contribution is 7.98. The van der Waals surface area contributed by atoms with E-state index in [0.29, 0.717) is 21.9 Å². The zero-order valence-corrected chi connectivity index (χ0v) is 19.2. The summed E-state index contributed by atoms with van der Waals surface area (Å²) in [4.78, 5) is 33.8. The third-order valence-corrected chi connectivity index (χ3v) is 6.72. The van der Waals surface area contributed by atoms with Gasteiger partial charge in [-0.1, -0.05) is 35.3 Å². The van der Waals surface area contributed by atoms with Crippen molar-refractivity contribution in [3.05, 3.63) is 67.7 Å². The molecule has 0 saturated carbocycles. The van der Waals surface area contributed by atoms with Crippen LogP contribution in [0.2, 0.25) is 10.0 Å². The van der Waals surface area contributed by atoms with E-state index < -0.39 is 18.5 Å². The molecule has 0 spiro atoms. The van der Waals surface area contributed by atoms with E-state index in [-0.39, 0.29) is 10.8 Å². The molecule has 3 aromatic rings. The number of esters is 1. The van der Waals surface area contributed by atoms with Gasteiger partial charge < -0.3 is 10.1 Å². The second-order valence-electron chi connectivity index (χ2n) is 6.16. The summed E-state index contributed by atoms with van der Waals surface area (Å²) in [6.45, 7) is 3.19. The van der Waals surface area contributed by atoms with Crippen LogP contribution in [0.5, 0.6) is 0 Å². The standard InChI is InChI=1S/C20H17Cl2N3O3S2/c1-11-15(21)7-23-19(18(11)22)25-17(26)8-28-20(27)14-5-3-4-6-16(14)30-10-13-9-29-12(2)24-13/h3-7,9H,8,10H2,1-2H3,(H,23,25,26). The van der Waals surface area contributed by atoms with Crippen molar-refractivity contribution < 1.29 is 14.3 Å². The van der Waals surface area contributed by atoms with E-state index in [1.807, 2.05) is 24.4 Å². The van der Waals surface area contributed by atoms with E-state index in [4.69, 9.17) is 27.9 Å². The molecular formula is C20H17Cl2N3O3S2. The molecule has 2 aromatic heterocycles. The lowest BCUT2D eigenvalue weighted by Gasteiger charge is -2.11. The average molecular weight is 482 g/mol. The lowest BCUT2D eigenvalue weighted by Crippen LogP contribution is -2.22. The number of hydrogen-bond donors (Lipinski definition) is 1.